The topological polar surface area (TPSA) is 49.3 Å². The summed E-state index contributed by atoms with van der Waals surface area (Å²) in [4.78, 5) is 10.9. The monoisotopic (exact) mass is 205 g/mol. The van der Waals surface area contributed by atoms with Gasteiger partial charge in [-0.05, 0) is 25.0 Å². The molecule has 2 N–H and O–H groups in total. The first-order valence-electron chi connectivity index (χ1n) is 4.93. The third kappa shape index (κ3) is 3.46. The number of hydrogen-bond donors (Lipinski definition) is 2. The highest BCUT2D eigenvalue weighted by molar-refractivity contribution is 5.94. The van der Waals surface area contributed by atoms with Crippen LogP contribution in [0.1, 0.15) is 23.2 Å². The Kier molecular flexibility index (Phi) is 4.41. The lowest BCUT2D eigenvalue weighted by atomic mass is 10.1. The molecule has 0 saturated carbocycles. The maximum absolute atomic E-state index is 10.9. The molecule has 1 aromatic carbocycles. The number of para-hydroxylation sites is 1. The van der Waals surface area contributed by atoms with E-state index >= 15 is 0 Å². The van der Waals surface area contributed by atoms with Gasteiger partial charge in [0.25, 0.3) is 0 Å². The van der Waals surface area contributed by atoms with E-state index in [1.807, 2.05) is 12.1 Å². The Bertz CT molecular complexity index is 347. The Morgan fingerprint density at radius 3 is 2.87 bits per heavy atom. The second-order valence-corrected chi connectivity index (χ2v) is 3.21. The van der Waals surface area contributed by atoms with Gasteiger partial charge in [-0.2, -0.15) is 0 Å². The molecule has 0 heterocycles. The van der Waals surface area contributed by atoms with Crippen LogP contribution in [-0.4, -0.2) is 17.6 Å². The summed E-state index contributed by atoms with van der Waals surface area (Å²) in [7, 11) is 0. The van der Waals surface area contributed by atoms with E-state index in [4.69, 9.17) is 5.11 Å². The molecular weight excluding hydrogens is 190 g/mol. The lowest BCUT2D eigenvalue weighted by molar-refractivity contribution is 0.0698. The SMILES string of the molecule is C=CCCCNc1ccccc1C(=O)O. The summed E-state index contributed by atoms with van der Waals surface area (Å²) in [6.07, 6.45) is 3.74. The molecule has 0 fully saturated rings. The number of unbranched alkanes of at least 4 members (excludes halogenated alkanes) is 1. The number of benzene rings is 1. The predicted molar refractivity (Wildman–Crippen MR) is 61.3 cm³/mol. The fraction of sp³-hybridized carbons (Fsp3) is 0.250. The quantitative estimate of drug-likeness (QED) is 0.554. The summed E-state index contributed by atoms with van der Waals surface area (Å²) >= 11 is 0. The van der Waals surface area contributed by atoms with E-state index in [0.29, 0.717) is 11.3 Å². The van der Waals surface area contributed by atoms with Crippen LogP contribution in [0.4, 0.5) is 5.69 Å². The Morgan fingerprint density at radius 2 is 2.20 bits per heavy atom. The van der Waals surface area contributed by atoms with E-state index in [1.54, 1.807) is 18.2 Å². The van der Waals surface area contributed by atoms with Gasteiger partial charge in [-0.1, -0.05) is 18.2 Å². The van der Waals surface area contributed by atoms with Crippen molar-refractivity contribution >= 4 is 11.7 Å². The van der Waals surface area contributed by atoms with Crippen LogP contribution in [-0.2, 0) is 0 Å². The van der Waals surface area contributed by atoms with Gasteiger partial charge in [-0.25, -0.2) is 4.79 Å². The molecule has 1 rings (SSSR count). The summed E-state index contributed by atoms with van der Waals surface area (Å²) in [5, 5.41) is 12.0. The first-order valence-corrected chi connectivity index (χ1v) is 4.93. The zero-order valence-corrected chi connectivity index (χ0v) is 8.57. The smallest absolute Gasteiger partial charge is 0.337 e. The second kappa shape index (κ2) is 5.86. The van der Waals surface area contributed by atoms with E-state index in [1.165, 1.54) is 0 Å². The lowest BCUT2D eigenvalue weighted by Crippen LogP contribution is -2.07. The Balaban J connectivity index is 2.59. The average Bonchev–Trinajstić information content (AvgIpc) is 2.25. The highest BCUT2D eigenvalue weighted by Crippen LogP contribution is 2.14. The molecule has 0 radical (unpaired) electrons. The van der Waals surface area contributed by atoms with Gasteiger partial charge < -0.3 is 10.4 Å². The minimum atomic E-state index is -0.901. The molecule has 80 valence electrons. The molecule has 1 aromatic rings. The van der Waals surface area contributed by atoms with Crippen molar-refractivity contribution in [1.82, 2.24) is 0 Å². The van der Waals surface area contributed by atoms with E-state index in [-0.39, 0.29) is 0 Å². The van der Waals surface area contributed by atoms with Crippen molar-refractivity contribution in [2.45, 2.75) is 12.8 Å². The number of carbonyl (C=O) groups is 1. The third-order valence-electron chi connectivity index (χ3n) is 2.06. The maximum atomic E-state index is 10.9. The molecule has 3 heteroatoms. The molecule has 3 nitrogen and oxygen atoms in total. The van der Waals surface area contributed by atoms with E-state index in [2.05, 4.69) is 11.9 Å². The molecule has 0 atom stereocenters. The lowest BCUT2D eigenvalue weighted by Gasteiger charge is -2.08. The number of rotatable bonds is 6. The molecule has 0 bridgehead atoms. The van der Waals surface area contributed by atoms with Crippen molar-refractivity contribution in [3.8, 4) is 0 Å². The van der Waals surface area contributed by atoms with Gasteiger partial charge in [-0.15, -0.1) is 6.58 Å². The minimum Gasteiger partial charge on any atom is -0.478 e. The Labute approximate surface area is 89.4 Å². The average molecular weight is 205 g/mol. The van der Waals surface area contributed by atoms with Gasteiger partial charge in [0.05, 0.1) is 5.56 Å². The van der Waals surface area contributed by atoms with E-state index in [9.17, 15) is 4.79 Å². The van der Waals surface area contributed by atoms with Gasteiger partial charge in [0.1, 0.15) is 0 Å². The van der Waals surface area contributed by atoms with Crippen molar-refractivity contribution in [1.29, 1.82) is 0 Å². The Morgan fingerprint density at radius 1 is 1.47 bits per heavy atom. The highest BCUT2D eigenvalue weighted by atomic mass is 16.4. The van der Waals surface area contributed by atoms with Crippen LogP contribution in [0.25, 0.3) is 0 Å². The van der Waals surface area contributed by atoms with Gasteiger partial charge in [0.2, 0.25) is 0 Å². The van der Waals surface area contributed by atoms with Gasteiger partial charge in [-0.3, -0.25) is 0 Å². The Hall–Kier alpha value is -1.77. The molecule has 0 spiro atoms. The van der Waals surface area contributed by atoms with Crippen LogP contribution < -0.4 is 5.32 Å². The first-order chi connectivity index (χ1) is 7.25. The maximum Gasteiger partial charge on any atom is 0.337 e. The zero-order chi connectivity index (χ0) is 11.1. The van der Waals surface area contributed by atoms with Crippen LogP contribution in [0.15, 0.2) is 36.9 Å². The van der Waals surface area contributed by atoms with Crippen LogP contribution in [0.2, 0.25) is 0 Å². The number of carboxylic acid groups (broad SMARTS) is 1. The number of allylic oxidation sites excluding steroid dienone is 1. The predicted octanol–water partition coefficient (Wildman–Crippen LogP) is 2.76. The third-order valence-corrected chi connectivity index (χ3v) is 2.06. The van der Waals surface area contributed by atoms with Gasteiger partial charge >= 0.3 is 5.97 Å². The molecule has 15 heavy (non-hydrogen) atoms. The van der Waals surface area contributed by atoms with E-state index in [0.717, 1.165) is 19.4 Å². The molecular formula is C12H15NO2. The van der Waals surface area contributed by atoms with Crippen molar-refractivity contribution in [2.24, 2.45) is 0 Å². The summed E-state index contributed by atoms with van der Waals surface area (Å²) < 4.78 is 0. The molecule has 0 unspecified atom stereocenters. The van der Waals surface area contributed by atoms with Crippen molar-refractivity contribution < 1.29 is 9.90 Å². The van der Waals surface area contributed by atoms with Crippen LogP contribution in [0.5, 0.6) is 0 Å². The van der Waals surface area contributed by atoms with Gasteiger partial charge in [0.15, 0.2) is 0 Å². The standard InChI is InChI=1S/C12H15NO2/c1-2-3-6-9-13-11-8-5-4-7-10(11)12(14)15/h2,4-5,7-8,13H,1,3,6,9H2,(H,14,15). The minimum absolute atomic E-state index is 0.316. The molecule has 0 aliphatic carbocycles. The fourth-order valence-electron chi connectivity index (χ4n) is 1.29. The largest absolute Gasteiger partial charge is 0.478 e. The molecule has 0 aromatic heterocycles. The fourth-order valence-corrected chi connectivity index (χ4v) is 1.29. The van der Waals surface area contributed by atoms with Gasteiger partial charge in [0, 0.05) is 12.2 Å². The molecule has 0 saturated heterocycles. The van der Waals surface area contributed by atoms with Crippen LogP contribution in [0.3, 0.4) is 0 Å². The number of carboxylic acids is 1. The second-order valence-electron chi connectivity index (χ2n) is 3.21. The molecule has 0 amide bonds. The summed E-state index contributed by atoms with van der Waals surface area (Å²) in [5.41, 5.74) is 0.991. The van der Waals surface area contributed by atoms with Crippen molar-refractivity contribution in [2.75, 3.05) is 11.9 Å². The van der Waals surface area contributed by atoms with Crippen molar-refractivity contribution in [3.63, 3.8) is 0 Å². The van der Waals surface area contributed by atoms with Crippen LogP contribution >= 0.6 is 0 Å². The normalized spacial score (nSPS) is 9.60. The van der Waals surface area contributed by atoms with Crippen LogP contribution in [0, 0.1) is 0 Å². The summed E-state index contributed by atoms with van der Waals surface area (Å²) in [5.74, 6) is -0.901. The zero-order valence-electron chi connectivity index (χ0n) is 8.57. The molecule has 0 aliphatic heterocycles. The first kappa shape index (κ1) is 11.3. The van der Waals surface area contributed by atoms with Crippen molar-refractivity contribution in [3.05, 3.63) is 42.5 Å². The van der Waals surface area contributed by atoms with E-state index < -0.39 is 5.97 Å². The highest BCUT2D eigenvalue weighted by Gasteiger charge is 2.07. The number of hydrogen-bond acceptors (Lipinski definition) is 2. The number of aromatic carboxylic acids is 1. The number of nitrogens with one attached hydrogen (secondary N) is 1. The summed E-state index contributed by atoms with van der Waals surface area (Å²) in [6.45, 7) is 4.39. The molecule has 0 aliphatic rings. The summed E-state index contributed by atoms with van der Waals surface area (Å²) in [6, 6.07) is 6.91. The number of anilines is 1.